The molecule has 102 valence electrons. The van der Waals surface area contributed by atoms with Gasteiger partial charge in [0.25, 0.3) is 0 Å². The van der Waals surface area contributed by atoms with Crippen molar-refractivity contribution in [2.45, 2.75) is 46.1 Å². The smallest absolute Gasteiger partial charge is 0.215 e. The lowest BCUT2D eigenvalue weighted by atomic mass is 9.94. The maximum atomic E-state index is 12.2. The number of hydrogen-bond acceptors (Lipinski definition) is 3. The van der Waals surface area contributed by atoms with Crippen LogP contribution in [0.15, 0.2) is 0 Å². The second-order valence-electron chi connectivity index (χ2n) is 5.59. The molecular formula is C12H26N2O2S. The van der Waals surface area contributed by atoms with E-state index in [1.807, 2.05) is 6.92 Å². The van der Waals surface area contributed by atoms with Crippen LogP contribution in [-0.4, -0.2) is 37.6 Å². The van der Waals surface area contributed by atoms with E-state index in [4.69, 9.17) is 5.73 Å². The minimum Gasteiger partial charge on any atom is -0.327 e. The van der Waals surface area contributed by atoms with Gasteiger partial charge in [-0.05, 0) is 24.7 Å². The van der Waals surface area contributed by atoms with Crippen molar-refractivity contribution in [3.8, 4) is 0 Å². The minimum absolute atomic E-state index is 0.0975. The van der Waals surface area contributed by atoms with Crippen LogP contribution in [0.2, 0.25) is 0 Å². The van der Waals surface area contributed by atoms with Gasteiger partial charge in [0.1, 0.15) is 0 Å². The molecule has 1 aliphatic rings. The first-order valence-corrected chi connectivity index (χ1v) is 8.19. The lowest BCUT2D eigenvalue weighted by Gasteiger charge is -2.34. The second kappa shape index (κ2) is 6.16. The summed E-state index contributed by atoms with van der Waals surface area (Å²) >= 11 is 0. The molecule has 17 heavy (non-hydrogen) atoms. The summed E-state index contributed by atoms with van der Waals surface area (Å²) in [5, 5.41) is 0. The van der Waals surface area contributed by atoms with Crippen LogP contribution in [0.3, 0.4) is 0 Å². The summed E-state index contributed by atoms with van der Waals surface area (Å²) in [6, 6.07) is -0.225. The van der Waals surface area contributed by atoms with E-state index >= 15 is 0 Å². The standard InChI is InChI=1S/C12H26N2O2S/c1-4-5-12(13)9-17(15,16)14-7-10(2)6-11(3)8-14/h10-12H,4-9,13H2,1-3H3. The molecule has 0 aromatic carbocycles. The van der Waals surface area contributed by atoms with Crippen LogP contribution < -0.4 is 5.73 Å². The van der Waals surface area contributed by atoms with E-state index in [1.165, 1.54) is 0 Å². The number of hydrogen-bond donors (Lipinski definition) is 1. The SMILES string of the molecule is CCCC(N)CS(=O)(=O)N1CC(C)CC(C)C1. The zero-order valence-electron chi connectivity index (χ0n) is 11.2. The van der Waals surface area contributed by atoms with Gasteiger partial charge in [0, 0.05) is 19.1 Å². The molecule has 3 unspecified atom stereocenters. The highest BCUT2D eigenvalue weighted by molar-refractivity contribution is 7.89. The molecule has 0 aromatic rings. The molecule has 0 spiro atoms. The maximum Gasteiger partial charge on any atom is 0.215 e. The highest BCUT2D eigenvalue weighted by atomic mass is 32.2. The number of sulfonamides is 1. The van der Waals surface area contributed by atoms with Crippen LogP contribution in [0.4, 0.5) is 0 Å². The Balaban J connectivity index is 2.63. The molecule has 0 amide bonds. The highest BCUT2D eigenvalue weighted by Crippen LogP contribution is 2.23. The van der Waals surface area contributed by atoms with Gasteiger partial charge in [0.05, 0.1) is 5.75 Å². The summed E-state index contributed by atoms with van der Waals surface area (Å²) in [5.74, 6) is 1.01. The highest BCUT2D eigenvalue weighted by Gasteiger charge is 2.31. The number of rotatable bonds is 5. The normalized spacial score (nSPS) is 29.2. The fourth-order valence-corrected chi connectivity index (χ4v) is 4.54. The molecular weight excluding hydrogens is 236 g/mol. The van der Waals surface area contributed by atoms with Crippen LogP contribution in [-0.2, 0) is 10.0 Å². The molecule has 2 N–H and O–H groups in total. The molecule has 1 aliphatic heterocycles. The zero-order chi connectivity index (χ0) is 13.1. The van der Waals surface area contributed by atoms with E-state index in [1.54, 1.807) is 4.31 Å². The number of piperidine rings is 1. The molecule has 1 rings (SSSR count). The van der Waals surface area contributed by atoms with Gasteiger partial charge in [0.15, 0.2) is 0 Å². The van der Waals surface area contributed by atoms with Gasteiger partial charge >= 0.3 is 0 Å². The first-order valence-electron chi connectivity index (χ1n) is 6.58. The summed E-state index contributed by atoms with van der Waals surface area (Å²) in [6.07, 6.45) is 2.83. The number of nitrogens with zero attached hydrogens (tertiary/aromatic N) is 1. The molecule has 0 saturated carbocycles. The predicted octanol–water partition coefficient (Wildman–Crippen LogP) is 1.42. The fourth-order valence-electron chi connectivity index (χ4n) is 2.66. The molecule has 0 aliphatic carbocycles. The average Bonchev–Trinajstić information content (AvgIpc) is 2.15. The van der Waals surface area contributed by atoms with Crippen LogP contribution in [0, 0.1) is 11.8 Å². The van der Waals surface area contributed by atoms with Gasteiger partial charge in [-0.25, -0.2) is 12.7 Å². The largest absolute Gasteiger partial charge is 0.327 e. The summed E-state index contributed by atoms with van der Waals surface area (Å²) in [4.78, 5) is 0. The van der Waals surface area contributed by atoms with Crippen molar-refractivity contribution in [3.05, 3.63) is 0 Å². The van der Waals surface area contributed by atoms with Crippen molar-refractivity contribution in [2.24, 2.45) is 17.6 Å². The molecule has 0 bridgehead atoms. The van der Waals surface area contributed by atoms with Crippen LogP contribution in [0.25, 0.3) is 0 Å². The van der Waals surface area contributed by atoms with Crippen LogP contribution in [0.1, 0.15) is 40.0 Å². The molecule has 1 saturated heterocycles. The van der Waals surface area contributed by atoms with Gasteiger partial charge in [-0.2, -0.15) is 0 Å². The van der Waals surface area contributed by atoms with Crippen molar-refractivity contribution in [3.63, 3.8) is 0 Å². The van der Waals surface area contributed by atoms with Gasteiger partial charge < -0.3 is 5.73 Å². The molecule has 1 heterocycles. The third-order valence-corrected chi connectivity index (χ3v) is 5.25. The quantitative estimate of drug-likeness (QED) is 0.815. The summed E-state index contributed by atoms with van der Waals surface area (Å²) in [6.45, 7) is 7.57. The summed E-state index contributed by atoms with van der Waals surface area (Å²) in [5.41, 5.74) is 5.84. The van der Waals surface area contributed by atoms with Gasteiger partial charge in [0.2, 0.25) is 10.0 Å². The maximum absolute atomic E-state index is 12.2. The van der Waals surface area contributed by atoms with Gasteiger partial charge in [-0.1, -0.05) is 27.2 Å². The minimum atomic E-state index is -3.16. The monoisotopic (exact) mass is 262 g/mol. The fraction of sp³-hybridized carbons (Fsp3) is 1.00. The van der Waals surface area contributed by atoms with Crippen LogP contribution >= 0.6 is 0 Å². The lowest BCUT2D eigenvalue weighted by Crippen LogP contribution is -2.46. The molecule has 5 heteroatoms. The summed E-state index contributed by atoms with van der Waals surface area (Å²) < 4.78 is 26.1. The van der Waals surface area contributed by atoms with E-state index in [0.29, 0.717) is 24.9 Å². The molecule has 0 aromatic heterocycles. The third kappa shape index (κ3) is 4.56. The van der Waals surface area contributed by atoms with Crippen molar-refractivity contribution in [1.82, 2.24) is 4.31 Å². The van der Waals surface area contributed by atoms with E-state index in [0.717, 1.165) is 19.3 Å². The Morgan fingerprint density at radius 3 is 2.29 bits per heavy atom. The van der Waals surface area contributed by atoms with E-state index in [-0.39, 0.29) is 11.8 Å². The van der Waals surface area contributed by atoms with Crippen molar-refractivity contribution >= 4 is 10.0 Å². The van der Waals surface area contributed by atoms with E-state index in [2.05, 4.69) is 13.8 Å². The number of nitrogens with two attached hydrogens (primary N) is 1. The second-order valence-corrected chi connectivity index (χ2v) is 7.60. The first-order chi connectivity index (χ1) is 7.85. The predicted molar refractivity (Wildman–Crippen MR) is 71.2 cm³/mol. The Morgan fingerprint density at radius 2 is 1.82 bits per heavy atom. The Labute approximate surface area is 106 Å². The van der Waals surface area contributed by atoms with Crippen LogP contribution in [0.5, 0.6) is 0 Å². The van der Waals surface area contributed by atoms with Crippen molar-refractivity contribution in [1.29, 1.82) is 0 Å². The molecule has 3 atom stereocenters. The van der Waals surface area contributed by atoms with E-state index in [9.17, 15) is 8.42 Å². The average molecular weight is 262 g/mol. The van der Waals surface area contributed by atoms with E-state index < -0.39 is 10.0 Å². The Bertz CT molecular complexity index is 319. The Hall–Kier alpha value is -0.130. The summed E-state index contributed by atoms with van der Waals surface area (Å²) in [7, 11) is -3.16. The molecule has 4 nitrogen and oxygen atoms in total. The lowest BCUT2D eigenvalue weighted by molar-refractivity contribution is 0.222. The van der Waals surface area contributed by atoms with Gasteiger partial charge in [-0.3, -0.25) is 0 Å². The van der Waals surface area contributed by atoms with Crippen molar-refractivity contribution in [2.75, 3.05) is 18.8 Å². The zero-order valence-corrected chi connectivity index (χ0v) is 12.0. The molecule has 0 radical (unpaired) electrons. The third-order valence-electron chi connectivity index (χ3n) is 3.31. The Kier molecular flexibility index (Phi) is 5.41. The van der Waals surface area contributed by atoms with Gasteiger partial charge in [-0.15, -0.1) is 0 Å². The van der Waals surface area contributed by atoms with Crippen molar-refractivity contribution < 1.29 is 8.42 Å². The Morgan fingerprint density at radius 1 is 1.29 bits per heavy atom. The topological polar surface area (TPSA) is 63.4 Å². The first kappa shape index (κ1) is 14.9. The molecule has 1 fully saturated rings.